The first-order chi connectivity index (χ1) is 9.22. The van der Waals surface area contributed by atoms with Crippen LogP contribution in [0, 0.1) is 6.92 Å². The predicted molar refractivity (Wildman–Crippen MR) is 67.2 cm³/mol. The Kier molecular flexibility index (Phi) is 3.00. The summed E-state index contributed by atoms with van der Waals surface area (Å²) in [6, 6.07) is 5.74. The molecular weight excluding hydrogens is 244 g/mol. The number of amides is 1. The molecule has 2 heterocycles. The fraction of sp³-hybridized carbons (Fsp3) is 0.308. The van der Waals surface area contributed by atoms with Gasteiger partial charge in [-0.25, -0.2) is 0 Å². The summed E-state index contributed by atoms with van der Waals surface area (Å²) in [6.07, 6.45) is 0. The van der Waals surface area contributed by atoms with Crippen molar-refractivity contribution in [3.05, 3.63) is 46.6 Å². The van der Waals surface area contributed by atoms with Crippen LogP contribution in [-0.2, 0) is 19.6 Å². The third kappa shape index (κ3) is 2.48. The van der Waals surface area contributed by atoms with E-state index in [4.69, 9.17) is 4.52 Å². The van der Waals surface area contributed by atoms with Gasteiger partial charge in [0, 0.05) is 18.7 Å². The van der Waals surface area contributed by atoms with Crippen LogP contribution in [0.1, 0.15) is 33.2 Å². The molecule has 19 heavy (non-hydrogen) atoms. The molecule has 1 aromatic heterocycles. The fourth-order valence-corrected chi connectivity index (χ4v) is 2.11. The van der Waals surface area contributed by atoms with Crippen molar-refractivity contribution in [2.75, 3.05) is 0 Å². The molecule has 0 radical (unpaired) electrons. The van der Waals surface area contributed by atoms with Gasteiger partial charge in [0.15, 0.2) is 5.82 Å². The summed E-state index contributed by atoms with van der Waals surface area (Å²) in [6.45, 7) is 3.68. The van der Waals surface area contributed by atoms with Crippen molar-refractivity contribution in [2.24, 2.45) is 0 Å². The highest BCUT2D eigenvalue weighted by atomic mass is 16.5. The highest BCUT2D eigenvalue weighted by molar-refractivity contribution is 5.94. The molecule has 1 aliphatic rings. The van der Waals surface area contributed by atoms with E-state index >= 15 is 0 Å². The largest absolute Gasteiger partial charge is 0.343 e. The molecule has 0 saturated heterocycles. The molecule has 2 aromatic rings. The predicted octanol–water partition coefficient (Wildman–Crippen LogP) is 0.911. The van der Waals surface area contributed by atoms with Crippen LogP contribution >= 0.6 is 0 Å². The van der Waals surface area contributed by atoms with Crippen LogP contribution in [0.25, 0.3) is 0 Å². The van der Waals surface area contributed by atoms with Crippen molar-refractivity contribution in [2.45, 2.75) is 26.6 Å². The first kappa shape index (κ1) is 11.9. The van der Waals surface area contributed by atoms with Gasteiger partial charge >= 0.3 is 0 Å². The summed E-state index contributed by atoms with van der Waals surface area (Å²) in [5.74, 6) is 0.840. The van der Waals surface area contributed by atoms with Crippen molar-refractivity contribution >= 4 is 5.91 Å². The number of rotatable bonds is 3. The number of nitrogens with zero attached hydrogens (tertiary/aromatic N) is 2. The van der Waals surface area contributed by atoms with Gasteiger partial charge in [-0.2, -0.15) is 4.98 Å². The number of hydrogen-bond acceptors (Lipinski definition) is 5. The number of nitrogens with one attached hydrogen (secondary N) is 2. The van der Waals surface area contributed by atoms with Gasteiger partial charge in [0.1, 0.15) is 0 Å². The van der Waals surface area contributed by atoms with Crippen LogP contribution in [0.4, 0.5) is 0 Å². The molecule has 1 amide bonds. The van der Waals surface area contributed by atoms with Crippen molar-refractivity contribution in [3.8, 4) is 0 Å². The minimum absolute atomic E-state index is 0.134. The highest BCUT2D eigenvalue weighted by Crippen LogP contribution is 2.17. The average molecular weight is 258 g/mol. The lowest BCUT2D eigenvalue weighted by Gasteiger charge is -2.04. The molecule has 0 fully saturated rings. The quantitative estimate of drug-likeness (QED) is 0.855. The topological polar surface area (TPSA) is 80.0 Å². The van der Waals surface area contributed by atoms with Gasteiger partial charge in [-0.3, -0.25) is 4.79 Å². The van der Waals surface area contributed by atoms with Gasteiger partial charge in [0.25, 0.3) is 5.91 Å². The van der Waals surface area contributed by atoms with Gasteiger partial charge < -0.3 is 15.2 Å². The SMILES string of the molecule is Cc1noc(CNC(=O)c2ccc3c(c2)CNC3)n1. The maximum atomic E-state index is 12.0. The van der Waals surface area contributed by atoms with E-state index in [2.05, 4.69) is 20.8 Å². The molecule has 2 N–H and O–H groups in total. The van der Waals surface area contributed by atoms with E-state index in [1.807, 2.05) is 18.2 Å². The maximum Gasteiger partial charge on any atom is 0.251 e. The number of aromatic nitrogens is 2. The summed E-state index contributed by atoms with van der Waals surface area (Å²) < 4.78 is 4.94. The lowest BCUT2D eigenvalue weighted by molar-refractivity contribution is 0.0946. The van der Waals surface area contributed by atoms with Crippen LogP contribution in [0.2, 0.25) is 0 Å². The van der Waals surface area contributed by atoms with E-state index in [1.165, 1.54) is 11.1 Å². The van der Waals surface area contributed by atoms with E-state index in [0.29, 0.717) is 17.3 Å². The van der Waals surface area contributed by atoms with Crippen molar-refractivity contribution < 1.29 is 9.32 Å². The van der Waals surface area contributed by atoms with E-state index < -0.39 is 0 Å². The van der Waals surface area contributed by atoms with Crippen molar-refractivity contribution in [1.29, 1.82) is 0 Å². The minimum atomic E-state index is -0.134. The number of hydrogen-bond donors (Lipinski definition) is 2. The number of fused-ring (bicyclic) bond motifs is 1. The molecule has 0 bridgehead atoms. The minimum Gasteiger partial charge on any atom is -0.343 e. The first-order valence-corrected chi connectivity index (χ1v) is 6.12. The van der Waals surface area contributed by atoms with Gasteiger partial charge in [-0.05, 0) is 30.2 Å². The normalized spacial score (nSPS) is 13.3. The Labute approximate surface area is 110 Å². The zero-order valence-corrected chi connectivity index (χ0v) is 10.6. The number of carbonyl (C=O) groups excluding carboxylic acids is 1. The summed E-state index contributed by atoms with van der Waals surface area (Å²) in [5.41, 5.74) is 3.09. The second kappa shape index (κ2) is 4.81. The molecule has 6 heteroatoms. The van der Waals surface area contributed by atoms with Crippen LogP contribution in [0.3, 0.4) is 0 Å². The average Bonchev–Trinajstić information content (AvgIpc) is 3.03. The molecule has 0 saturated carbocycles. The molecule has 6 nitrogen and oxygen atoms in total. The third-order valence-electron chi connectivity index (χ3n) is 3.07. The Morgan fingerprint density at radius 3 is 3.05 bits per heavy atom. The van der Waals surface area contributed by atoms with E-state index in [9.17, 15) is 4.79 Å². The Bertz CT molecular complexity index is 621. The van der Waals surface area contributed by atoms with Crippen LogP contribution < -0.4 is 10.6 Å². The second-order valence-corrected chi connectivity index (χ2v) is 4.51. The number of aryl methyl sites for hydroxylation is 1. The summed E-state index contributed by atoms with van der Waals surface area (Å²) in [7, 11) is 0. The zero-order chi connectivity index (χ0) is 13.2. The van der Waals surface area contributed by atoms with Crippen LogP contribution in [-0.4, -0.2) is 16.0 Å². The standard InChI is InChI=1S/C13H14N4O2/c1-8-16-12(19-17-8)7-15-13(18)9-2-3-10-5-14-6-11(10)4-9/h2-4,14H,5-7H2,1H3,(H,15,18). The molecule has 98 valence electrons. The number of carbonyl (C=O) groups is 1. The van der Waals surface area contributed by atoms with Crippen molar-refractivity contribution in [3.63, 3.8) is 0 Å². The third-order valence-corrected chi connectivity index (χ3v) is 3.07. The lowest BCUT2D eigenvalue weighted by Crippen LogP contribution is -2.23. The molecule has 1 aromatic carbocycles. The van der Waals surface area contributed by atoms with Crippen molar-refractivity contribution in [1.82, 2.24) is 20.8 Å². The Morgan fingerprint density at radius 1 is 1.42 bits per heavy atom. The van der Waals surface area contributed by atoms with Gasteiger partial charge in [0.05, 0.1) is 6.54 Å². The maximum absolute atomic E-state index is 12.0. The van der Waals surface area contributed by atoms with Gasteiger partial charge in [0.2, 0.25) is 5.89 Å². The second-order valence-electron chi connectivity index (χ2n) is 4.51. The Hall–Kier alpha value is -2.21. The van der Waals surface area contributed by atoms with E-state index in [-0.39, 0.29) is 12.5 Å². The summed E-state index contributed by atoms with van der Waals surface area (Å²) >= 11 is 0. The molecule has 0 aliphatic carbocycles. The summed E-state index contributed by atoms with van der Waals surface area (Å²) in [5, 5.41) is 9.68. The van der Waals surface area contributed by atoms with Crippen LogP contribution in [0.15, 0.2) is 22.7 Å². The number of benzene rings is 1. The molecule has 1 aliphatic heterocycles. The Balaban J connectivity index is 1.67. The Morgan fingerprint density at radius 2 is 2.26 bits per heavy atom. The zero-order valence-electron chi connectivity index (χ0n) is 10.6. The monoisotopic (exact) mass is 258 g/mol. The smallest absolute Gasteiger partial charge is 0.251 e. The highest BCUT2D eigenvalue weighted by Gasteiger charge is 2.14. The molecule has 0 atom stereocenters. The van der Waals surface area contributed by atoms with E-state index in [0.717, 1.165) is 13.1 Å². The summed E-state index contributed by atoms with van der Waals surface area (Å²) in [4.78, 5) is 16.0. The molecule has 0 unspecified atom stereocenters. The van der Waals surface area contributed by atoms with Gasteiger partial charge in [-0.1, -0.05) is 11.2 Å². The lowest BCUT2D eigenvalue weighted by atomic mass is 10.1. The molecule has 0 spiro atoms. The fourth-order valence-electron chi connectivity index (χ4n) is 2.11. The van der Waals surface area contributed by atoms with Crippen LogP contribution in [0.5, 0.6) is 0 Å². The van der Waals surface area contributed by atoms with E-state index in [1.54, 1.807) is 6.92 Å². The first-order valence-electron chi connectivity index (χ1n) is 6.12. The molecular formula is C13H14N4O2. The molecule has 3 rings (SSSR count). The van der Waals surface area contributed by atoms with Gasteiger partial charge in [-0.15, -0.1) is 0 Å².